The lowest BCUT2D eigenvalue weighted by molar-refractivity contribution is -0.123. The van der Waals surface area contributed by atoms with Crippen LogP contribution in [-0.2, 0) is 9.59 Å². The molecular weight excluding hydrogens is 337 g/mol. The lowest BCUT2D eigenvalue weighted by atomic mass is 10.2. The van der Waals surface area contributed by atoms with E-state index in [9.17, 15) is 9.59 Å². The van der Waals surface area contributed by atoms with Crippen LogP contribution in [0, 0.1) is 0 Å². The van der Waals surface area contributed by atoms with Crippen molar-refractivity contribution in [3.63, 3.8) is 0 Å². The van der Waals surface area contributed by atoms with Gasteiger partial charge in [-0.1, -0.05) is 36.5 Å². The van der Waals surface area contributed by atoms with Crippen molar-refractivity contribution in [3.05, 3.63) is 28.2 Å². The number of halogens is 2. The molecule has 1 atom stereocenters. The first-order chi connectivity index (χ1) is 10.8. The Hall–Kier alpha value is -1.30. The summed E-state index contributed by atoms with van der Waals surface area (Å²) in [5, 5.41) is 6.43. The van der Waals surface area contributed by atoms with Crippen LogP contribution in [0.5, 0.6) is 0 Å². The number of rotatable bonds is 8. The van der Waals surface area contributed by atoms with E-state index in [0.29, 0.717) is 15.7 Å². The van der Waals surface area contributed by atoms with Crippen LogP contribution < -0.4 is 10.6 Å². The number of hydrogen-bond donors (Lipinski definition) is 2. The Morgan fingerprint density at radius 3 is 2.43 bits per heavy atom. The molecule has 1 aromatic rings. The average molecular weight is 360 g/mol. The van der Waals surface area contributed by atoms with Gasteiger partial charge >= 0.3 is 0 Å². The summed E-state index contributed by atoms with van der Waals surface area (Å²) < 4.78 is 0. The van der Waals surface area contributed by atoms with Gasteiger partial charge < -0.3 is 10.6 Å². The molecule has 1 aromatic carbocycles. The van der Waals surface area contributed by atoms with Crippen LogP contribution in [-0.4, -0.2) is 42.9 Å². The van der Waals surface area contributed by atoms with Crippen LogP contribution >= 0.6 is 23.2 Å². The van der Waals surface area contributed by atoms with Gasteiger partial charge in [-0.3, -0.25) is 14.5 Å². The molecule has 23 heavy (non-hydrogen) atoms. The normalized spacial score (nSPS) is 12.1. The number of amides is 2. The highest BCUT2D eigenvalue weighted by molar-refractivity contribution is 6.42. The lowest BCUT2D eigenvalue weighted by Gasteiger charge is -2.18. The predicted octanol–water partition coefficient (Wildman–Crippen LogP) is 3.17. The minimum Gasteiger partial charge on any atom is -0.353 e. The summed E-state index contributed by atoms with van der Waals surface area (Å²) in [6.45, 7) is 4.32. The maximum atomic E-state index is 12.0. The molecule has 2 N–H and O–H groups in total. The van der Waals surface area contributed by atoms with Gasteiger partial charge in [0.2, 0.25) is 11.8 Å². The van der Waals surface area contributed by atoms with E-state index in [1.165, 1.54) is 0 Å². The van der Waals surface area contributed by atoms with E-state index in [1.807, 2.05) is 6.92 Å². The quantitative estimate of drug-likeness (QED) is 0.749. The largest absolute Gasteiger partial charge is 0.353 e. The molecule has 0 heterocycles. The minimum atomic E-state index is -0.222. The van der Waals surface area contributed by atoms with Crippen LogP contribution in [0.2, 0.25) is 10.0 Å². The van der Waals surface area contributed by atoms with E-state index >= 15 is 0 Å². The molecule has 1 rings (SSSR count). The molecule has 0 aromatic heterocycles. The highest BCUT2D eigenvalue weighted by Gasteiger charge is 2.13. The van der Waals surface area contributed by atoms with Crippen LogP contribution in [0.4, 0.5) is 5.69 Å². The number of hydrogen-bond acceptors (Lipinski definition) is 3. The molecule has 2 amide bonds. The molecule has 128 valence electrons. The second kappa shape index (κ2) is 9.75. The lowest BCUT2D eigenvalue weighted by Crippen LogP contribution is -2.41. The van der Waals surface area contributed by atoms with Crippen molar-refractivity contribution in [2.24, 2.45) is 0 Å². The minimum absolute atomic E-state index is 0.0872. The van der Waals surface area contributed by atoms with E-state index in [1.54, 1.807) is 30.1 Å². The van der Waals surface area contributed by atoms with Crippen molar-refractivity contribution in [2.75, 3.05) is 25.5 Å². The number of carbonyl (C=O) groups excluding carboxylic acids is 2. The van der Waals surface area contributed by atoms with Crippen LogP contribution in [0.15, 0.2) is 18.2 Å². The molecule has 0 fully saturated rings. The van der Waals surface area contributed by atoms with Gasteiger partial charge in [0.15, 0.2) is 0 Å². The molecule has 0 aliphatic rings. The Bertz CT molecular complexity index is 552. The number of nitrogens with one attached hydrogen (secondary N) is 2. The Labute approximate surface area is 147 Å². The van der Waals surface area contributed by atoms with Gasteiger partial charge in [0.1, 0.15) is 0 Å². The summed E-state index contributed by atoms with van der Waals surface area (Å²) in [7, 11) is 1.72. The third-order valence-corrected chi connectivity index (χ3v) is 3.90. The fourth-order valence-corrected chi connectivity index (χ4v) is 2.44. The zero-order valence-corrected chi connectivity index (χ0v) is 15.2. The standard InChI is InChI=1S/C16H23Cl2N3O2/c1-4-5-11(2)19-15(22)9-21(3)10-16(23)20-12-6-7-13(17)14(18)8-12/h6-8,11H,4-5,9-10H2,1-3H3,(H,19,22)(H,20,23)/t11-/m0/s1. The molecule has 0 spiro atoms. The van der Waals surface area contributed by atoms with Gasteiger partial charge in [0.05, 0.1) is 23.1 Å². The monoisotopic (exact) mass is 359 g/mol. The fraction of sp³-hybridized carbons (Fsp3) is 0.500. The summed E-state index contributed by atoms with van der Waals surface area (Å²) >= 11 is 11.7. The maximum absolute atomic E-state index is 12.0. The molecule has 5 nitrogen and oxygen atoms in total. The molecule has 0 saturated carbocycles. The highest BCUT2D eigenvalue weighted by atomic mass is 35.5. The second-order valence-corrected chi connectivity index (χ2v) is 6.42. The van der Waals surface area contributed by atoms with Crippen LogP contribution in [0.25, 0.3) is 0 Å². The van der Waals surface area contributed by atoms with E-state index < -0.39 is 0 Å². The third kappa shape index (κ3) is 7.68. The number of benzene rings is 1. The van der Waals surface area contributed by atoms with Gasteiger partial charge in [-0.2, -0.15) is 0 Å². The molecule has 0 radical (unpaired) electrons. The topological polar surface area (TPSA) is 61.4 Å². The fourth-order valence-electron chi connectivity index (χ4n) is 2.15. The van der Waals surface area contributed by atoms with Crippen LogP contribution in [0.3, 0.4) is 0 Å². The Morgan fingerprint density at radius 2 is 1.83 bits per heavy atom. The average Bonchev–Trinajstić information content (AvgIpc) is 2.42. The van der Waals surface area contributed by atoms with Crippen molar-refractivity contribution in [1.29, 1.82) is 0 Å². The summed E-state index contributed by atoms with van der Waals surface area (Å²) in [5.41, 5.74) is 0.568. The third-order valence-electron chi connectivity index (χ3n) is 3.16. The number of likely N-dealkylation sites (N-methyl/N-ethyl adjacent to an activating group) is 1. The Kier molecular flexibility index (Phi) is 8.37. The smallest absolute Gasteiger partial charge is 0.238 e. The molecule has 0 saturated heterocycles. The van der Waals surface area contributed by atoms with Gasteiger partial charge in [-0.25, -0.2) is 0 Å². The van der Waals surface area contributed by atoms with Gasteiger partial charge in [0, 0.05) is 11.7 Å². The summed E-state index contributed by atoms with van der Waals surface area (Å²) in [6.07, 6.45) is 1.95. The molecule has 7 heteroatoms. The summed E-state index contributed by atoms with van der Waals surface area (Å²) in [4.78, 5) is 25.5. The highest BCUT2D eigenvalue weighted by Crippen LogP contribution is 2.24. The van der Waals surface area contributed by atoms with Crippen molar-refractivity contribution in [1.82, 2.24) is 10.2 Å². The first-order valence-electron chi connectivity index (χ1n) is 7.54. The zero-order chi connectivity index (χ0) is 17.4. The molecule has 0 aliphatic carbocycles. The number of anilines is 1. The SMILES string of the molecule is CCC[C@H](C)NC(=O)CN(C)CC(=O)Nc1ccc(Cl)c(Cl)c1. The van der Waals surface area contributed by atoms with E-state index in [0.717, 1.165) is 12.8 Å². The van der Waals surface area contributed by atoms with Crippen LogP contribution in [0.1, 0.15) is 26.7 Å². The predicted molar refractivity (Wildman–Crippen MR) is 95.1 cm³/mol. The van der Waals surface area contributed by atoms with Gasteiger partial charge in [-0.15, -0.1) is 0 Å². The van der Waals surface area contributed by atoms with Gasteiger partial charge in [-0.05, 0) is 38.6 Å². The summed E-state index contributed by atoms with van der Waals surface area (Å²) in [6, 6.07) is 5.02. The second-order valence-electron chi connectivity index (χ2n) is 5.61. The number of carbonyl (C=O) groups is 2. The van der Waals surface area contributed by atoms with Crippen molar-refractivity contribution in [2.45, 2.75) is 32.7 Å². The first kappa shape index (κ1) is 19.7. The molecule has 0 aliphatic heterocycles. The van der Waals surface area contributed by atoms with Crippen molar-refractivity contribution >= 4 is 40.7 Å². The Balaban J connectivity index is 2.41. The molecule has 0 bridgehead atoms. The van der Waals surface area contributed by atoms with E-state index in [2.05, 4.69) is 17.6 Å². The Morgan fingerprint density at radius 1 is 1.17 bits per heavy atom. The molecule has 0 unspecified atom stereocenters. The number of nitrogens with zero attached hydrogens (tertiary/aromatic N) is 1. The van der Waals surface area contributed by atoms with E-state index in [4.69, 9.17) is 23.2 Å². The van der Waals surface area contributed by atoms with Crippen molar-refractivity contribution < 1.29 is 9.59 Å². The molecular formula is C16H23Cl2N3O2. The zero-order valence-electron chi connectivity index (χ0n) is 13.7. The first-order valence-corrected chi connectivity index (χ1v) is 8.30. The van der Waals surface area contributed by atoms with Gasteiger partial charge in [0.25, 0.3) is 0 Å². The maximum Gasteiger partial charge on any atom is 0.238 e. The summed E-state index contributed by atoms with van der Waals surface area (Å²) in [5.74, 6) is -0.309. The van der Waals surface area contributed by atoms with E-state index in [-0.39, 0.29) is 30.9 Å². The van der Waals surface area contributed by atoms with Crippen molar-refractivity contribution in [3.8, 4) is 0 Å².